The third-order valence-electron chi connectivity index (χ3n) is 4.48. The van der Waals surface area contributed by atoms with E-state index in [9.17, 15) is 9.18 Å². The number of rotatable bonds is 4. The molecule has 4 heteroatoms. The van der Waals surface area contributed by atoms with Gasteiger partial charge >= 0.3 is 0 Å². The molecule has 3 rings (SSSR count). The summed E-state index contributed by atoms with van der Waals surface area (Å²) >= 11 is 0. The number of hydrogen-bond donors (Lipinski definition) is 1. The van der Waals surface area contributed by atoms with E-state index in [0.717, 1.165) is 12.8 Å². The highest BCUT2D eigenvalue weighted by Gasteiger charge is 2.26. The number of aryl methyl sites for hydroxylation is 2. The highest BCUT2D eigenvalue weighted by molar-refractivity contribution is 5.92. The summed E-state index contributed by atoms with van der Waals surface area (Å²) in [6.07, 6.45) is 2.08. The van der Waals surface area contributed by atoms with Crippen LogP contribution in [0.3, 0.4) is 0 Å². The average molecular weight is 312 g/mol. The Balaban J connectivity index is 1.63. The Morgan fingerprint density at radius 1 is 1.30 bits per heavy atom. The number of nitrogens with one attached hydrogen (secondary N) is 1. The fraction of sp³-hybridized carbons (Fsp3) is 0.316. The van der Waals surface area contributed by atoms with Crippen LogP contribution in [0.2, 0.25) is 0 Å². The largest absolute Gasteiger partial charge is 0.325 e. The second-order valence-electron chi connectivity index (χ2n) is 6.18. The molecule has 0 bridgehead atoms. The molecular weight excluding hydrogens is 291 g/mol. The van der Waals surface area contributed by atoms with Crippen LogP contribution in [0.1, 0.15) is 29.2 Å². The molecule has 1 aliphatic rings. The molecule has 1 amide bonds. The maximum atomic E-state index is 13.5. The van der Waals surface area contributed by atoms with E-state index in [2.05, 4.69) is 28.4 Å². The first-order chi connectivity index (χ1) is 11.0. The first-order valence-electron chi connectivity index (χ1n) is 7.88. The normalized spacial score (nSPS) is 16.4. The Hall–Kier alpha value is -2.20. The van der Waals surface area contributed by atoms with Crippen molar-refractivity contribution < 1.29 is 9.18 Å². The molecule has 0 saturated carbocycles. The van der Waals surface area contributed by atoms with Crippen LogP contribution >= 0.6 is 0 Å². The number of fused-ring (bicyclic) bond motifs is 1. The summed E-state index contributed by atoms with van der Waals surface area (Å²) in [5, 5.41) is 2.77. The molecule has 23 heavy (non-hydrogen) atoms. The van der Waals surface area contributed by atoms with Gasteiger partial charge in [0.05, 0.1) is 6.54 Å². The van der Waals surface area contributed by atoms with Crippen LogP contribution in [-0.4, -0.2) is 24.4 Å². The van der Waals surface area contributed by atoms with Crippen LogP contribution < -0.4 is 5.32 Å². The minimum Gasteiger partial charge on any atom is -0.325 e. The van der Waals surface area contributed by atoms with E-state index >= 15 is 0 Å². The molecule has 1 aliphatic carbocycles. The maximum absolute atomic E-state index is 13.5. The van der Waals surface area contributed by atoms with Crippen molar-refractivity contribution in [2.45, 2.75) is 25.8 Å². The molecular formula is C19H21FN2O. The van der Waals surface area contributed by atoms with Crippen LogP contribution in [0.5, 0.6) is 0 Å². The third kappa shape index (κ3) is 3.42. The molecule has 0 spiro atoms. The van der Waals surface area contributed by atoms with Crippen LogP contribution in [0, 0.1) is 12.7 Å². The fourth-order valence-corrected chi connectivity index (χ4v) is 3.20. The number of halogens is 1. The predicted octanol–water partition coefficient (Wildman–Crippen LogP) is 3.69. The van der Waals surface area contributed by atoms with Crippen molar-refractivity contribution in [1.29, 1.82) is 0 Å². The zero-order chi connectivity index (χ0) is 16.4. The summed E-state index contributed by atoms with van der Waals surface area (Å²) in [7, 11) is 1.96. The monoisotopic (exact) mass is 312 g/mol. The molecule has 0 unspecified atom stereocenters. The van der Waals surface area contributed by atoms with Crippen LogP contribution in [0.15, 0.2) is 42.5 Å². The molecule has 0 fully saturated rings. The molecule has 1 N–H and O–H groups in total. The van der Waals surface area contributed by atoms with Gasteiger partial charge in [0.25, 0.3) is 0 Å². The van der Waals surface area contributed by atoms with Gasteiger partial charge in [0.15, 0.2) is 0 Å². The number of carbonyl (C=O) groups is 1. The minimum absolute atomic E-state index is 0.125. The van der Waals surface area contributed by atoms with E-state index in [0.29, 0.717) is 11.3 Å². The first-order valence-corrected chi connectivity index (χ1v) is 7.88. The molecule has 0 heterocycles. The van der Waals surface area contributed by atoms with E-state index in [-0.39, 0.29) is 24.3 Å². The van der Waals surface area contributed by atoms with Gasteiger partial charge in [-0.25, -0.2) is 4.39 Å². The summed E-state index contributed by atoms with van der Waals surface area (Å²) < 4.78 is 13.5. The van der Waals surface area contributed by atoms with Gasteiger partial charge in [0.1, 0.15) is 5.82 Å². The summed E-state index contributed by atoms with van der Waals surface area (Å²) in [6, 6.07) is 13.4. The van der Waals surface area contributed by atoms with E-state index in [4.69, 9.17) is 0 Å². The zero-order valence-electron chi connectivity index (χ0n) is 13.5. The Morgan fingerprint density at radius 2 is 2.09 bits per heavy atom. The Morgan fingerprint density at radius 3 is 2.87 bits per heavy atom. The smallest absolute Gasteiger partial charge is 0.238 e. The Labute approximate surface area is 136 Å². The third-order valence-corrected chi connectivity index (χ3v) is 4.48. The van der Waals surface area contributed by atoms with Crippen molar-refractivity contribution in [3.63, 3.8) is 0 Å². The lowest BCUT2D eigenvalue weighted by molar-refractivity contribution is -0.117. The number of nitrogens with zero attached hydrogens (tertiary/aromatic N) is 1. The van der Waals surface area contributed by atoms with Gasteiger partial charge in [-0.15, -0.1) is 0 Å². The number of amides is 1. The summed E-state index contributed by atoms with van der Waals surface area (Å²) in [5.41, 5.74) is 3.75. The van der Waals surface area contributed by atoms with Gasteiger partial charge in [-0.2, -0.15) is 0 Å². The zero-order valence-corrected chi connectivity index (χ0v) is 13.5. The fourth-order valence-electron chi connectivity index (χ4n) is 3.20. The maximum Gasteiger partial charge on any atom is 0.238 e. The second kappa shape index (κ2) is 6.50. The highest BCUT2D eigenvalue weighted by atomic mass is 19.1. The molecule has 0 aliphatic heterocycles. The molecule has 2 aromatic rings. The molecule has 2 aromatic carbocycles. The second-order valence-corrected chi connectivity index (χ2v) is 6.18. The van der Waals surface area contributed by atoms with E-state index in [1.165, 1.54) is 17.2 Å². The standard InChI is InChI=1S/C19H21FN2O/c1-13-7-9-15(11-17(13)20)21-19(23)12-22(2)18-10-8-14-5-3-4-6-16(14)18/h3-7,9,11,18H,8,10,12H2,1-2H3,(H,21,23)/t18-/m0/s1. The molecule has 3 nitrogen and oxygen atoms in total. The number of anilines is 1. The van der Waals surface area contributed by atoms with Gasteiger partial charge in [0, 0.05) is 11.7 Å². The van der Waals surface area contributed by atoms with E-state index in [1.807, 2.05) is 13.1 Å². The summed E-state index contributed by atoms with van der Waals surface area (Å²) in [5.74, 6) is -0.430. The number of benzene rings is 2. The molecule has 120 valence electrons. The first kappa shape index (κ1) is 15.7. The Bertz CT molecular complexity index is 729. The number of likely N-dealkylation sites (N-methyl/N-ethyl adjacent to an activating group) is 1. The number of hydrogen-bond acceptors (Lipinski definition) is 2. The van der Waals surface area contributed by atoms with Gasteiger partial charge < -0.3 is 5.32 Å². The van der Waals surface area contributed by atoms with E-state index in [1.54, 1.807) is 19.1 Å². The lowest BCUT2D eigenvalue weighted by Gasteiger charge is -2.24. The molecule has 0 saturated heterocycles. The van der Waals surface area contributed by atoms with Crippen LogP contribution in [-0.2, 0) is 11.2 Å². The van der Waals surface area contributed by atoms with Crippen LogP contribution in [0.4, 0.5) is 10.1 Å². The molecule has 1 atom stereocenters. The van der Waals surface area contributed by atoms with Crippen molar-refractivity contribution in [3.05, 3.63) is 65.0 Å². The van der Waals surface area contributed by atoms with E-state index < -0.39 is 0 Å². The lowest BCUT2D eigenvalue weighted by atomic mass is 10.1. The summed E-state index contributed by atoms with van der Waals surface area (Å²) in [6.45, 7) is 1.99. The van der Waals surface area contributed by atoms with Crippen molar-refractivity contribution >= 4 is 11.6 Å². The van der Waals surface area contributed by atoms with Crippen molar-refractivity contribution in [1.82, 2.24) is 4.90 Å². The van der Waals surface area contributed by atoms with Crippen molar-refractivity contribution in [2.24, 2.45) is 0 Å². The average Bonchev–Trinajstić information content (AvgIpc) is 2.95. The minimum atomic E-state index is -0.305. The molecule has 0 radical (unpaired) electrons. The summed E-state index contributed by atoms with van der Waals surface area (Å²) in [4.78, 5) is 14.3. The Kier molecular flexibility index (Phi) is 4.44. The van der Waals surface area contributed by atoms with Crippen molar-refractivity contribution in [3.8, 4) is 0 Å². The predicted molar refractivity (Wildman–Crippen MR) is 89.9 cm³/mol. The molecule has 0 aromatic heterocycles. The topological polar surface area (TPSA) is 32.3 Å². The lowest BCUT2D eigenvalue weighted by Crippen LogP contribution is -2.32. The van der Waals surface area contributed by atoms with Crippen molar-refractivity contribution in [2.75, 3.05) is 18.9 Å². The van der Waals surface area contributed by atoms with Crippen LogP contribution in [0.25, 0.3) is 0 Å². The van der Waals surface area contributed by atoms with Gasteiger partial charge in [-0.3, -0.25) is 9.69 Å². The quantitative estimate of drug-likeness (QED) is 0.934. The SMILES string of the molecule is Cc1ccc(NC(=O)CN(C)[C@H]2CCc3ccccc32)cc1F. The van der Waals surface area contributed by atoms with Gasteiger partial charge in [-0.1, -0.05) is 30.3 Å². The highest BCUT2D eigenvalue weighted by Crippen LogP contribution is 2.34. The van der Waals surface area contributed by atoms with Gasteiger partial charge in [0.2, 0.25) is 5.91 Å². The van der Waals surface area contributed by atoms with Gasteiger partial charge in [-0.05, 0) is 55.6 Å². The number of carbonyl (C=O) groups excluding carboxylic acids is 1.